The van der Waals surface area contributed by atoms with Gasteiger partial charge in [0.15, 0.2) is 9.84 Å². The van der Waals surface area contributed by atoms with Crippen LogP contribution in [0.3, 0.4) is 0 Å². The standard InChI is InChI=1S/C14H19NO3S/c1-10(2)8-14(16)15-12-5-6-13-11(9-12)4-3-7-19(13,17)18/h5-6,9-10H,3-4,7-8H2,1-2H3,(H,15,16). The Morgan fingerprint density at radius 2 is 2.11 bits per heavy atom. The minimum absolute atomic E-state index is 0.0337. The molecule has 0 spiro atoms. The molecule has 0 aliphatic carbocycles. The first-order chi connectivity index (χ1) is 8.88. The van der Waals surface area contributed by atoms with Crippen LogP contribution >= 0.6 is 0 Å². The average Bonchev–Trinajstić information content (AvgIpc) is 2.26. The van der Waals surface area contributed by atoms with Gasteiger partial charge in [0.05, 0.1) is 10.6 Å². The molecule has 0 saturated heterocycles. The number of hydrogen-bond donors (Lipinski definition) is 1. The van der Waals surface area contributed by atoms with Crippen molar-refractivity contribution in [1.29, 1.82) is 0 Å². The van der Waals surface area contributed by atoms with E-state index >= 15 is 0 Å². The lowest BCUT2D eigenvalue weighted by molar-refractivity contribution is -0.116. The van der Waals surface area contributed by atoms with Crippen molar-refractivity contribution >= 4 is 21.4 Å². The van der Waals surface area contributed by atoms with Gasteiger partial charge in [-0.1, -0.05) is 13.8 Å². The third-order valence-electron chi connectivity index (χ3n) is 3.13. The Labute approximate surface area is 114 Å². The summed E-state index contributed by atoms with van der Waals surface area (Å²) in [7, 11) is -3.12. The fraction of sp³-hybridized carbons (Fsp3) is 0.500. The van der Waals surface area contributed by atoms with Crippen molar-refractivity contribution in [3.05, 3.63) is 23.8 Å². The second kappa shape index (κ2) is 5.33. The molecule has 1 N–H and O–H groups in total. The maximum atomic E-state index is 11.9. The van der Waals surface area contributed by atoms with Gasteiger partial charge in [0, 0.05) is 12.1 Å². The van der Waals surface area contributed by atoms with Crippen LogP contribution in [-0.4, -0.2) is 20.1 Å². The lowest BCUT2D eigenvalue weighted by atomic mass is 10.1. The second-order valence-corrected chi connectivity index (χ2v) is 7.47. The summed E-state index contributed by atoms with van der Waals surface area (Å²) in [6.07, 6.45) is 1.87. The molecule has 0 fully saturated rings. The summed E-state index contributed by atoms with van der Waals surface area (Å²) in [4.78, 5) is 12.1. The Hall–Kier alpha value is -1.36. The number of carbonyl (C=O) groups is 1. The first-order valence-corrected chi connectivity index (χ1v) is 8.19. The van der Waals surface area contributed by atoms with E-state index in [4.69, 9.17) is 0 Å². The zero-order valence-corrected chi connectivity index (χ0v) is 12.1. The maximum Gasteiger partial charge on any atom is 0.224 e. The van der Waals surface area contributed by atoms with Crippen LogP contribution < -0.4 is 5.32 Å². The predicted molar refractivity (Wildman–Crippen MR) is 74.9 cm³/mol. The van der Waals surface area contributed by atoms with Gasteiger partial charge >= 0.3 is 0 Å². The van der Waals surface area contributed by atoms with Crippen LogP contribution in [0.4, 0.5) is 5.69 Å². The lowest BCUT2D eigenvalue weighted by Crippen LogP contribution is -2.18. The fourth-order valence-corrected chi connectivity index (χ4v) is 3.88. The molecule has 1 aliphatic rings. The number of aryl methyl sites for hydroxylation is 1. The van der Waals surface area contributed by atoms with Gasteiger partial charge in [-0.2, -0.15) is 0 Å². The second-order valence-electron chi connectivity index (χ2n) is 5.39. The average molecular weight is 281 g/mol. The minimum Gasteiger partial charge on any atom is -0.326 e. The third-order valence-corrected chi connectivity index (χ3v) is 5.03. The van der Waals surface area contributed by atoms with Crippen molar-refractivity contribution in [2.24, 2.45) is 5.92 Å². The summed E-state index contributed by atoms with van der Waals surface area (Å²) in [6.45, 7) is 3.97. The quantitative estimate of drug-likeness (QED) is 0.925. The molecule has 1 aliphatic heterocycles. The van der Waals surface area contributed by atoms with Gasteiger partial charge in [0.1, 0.15) is 0 Å². The van der Waals surface area contributed by atoms with E-state index in [-0.39, 0.29) is 11.7 Å². The van der Waals surface area contributed by atoms with E-state index in [1.807, 2.05) is 13.8 Å². The molecule has 0 aromatic heterocycles. The Balaban J connectivity index is 2.20. The lowest BCUT2D eigenvalue weighted by Gasteiger charge is -2.17. The highest BCUT2D eigenvalue weighted by atomic mass is 32.2. The summed E-state index contributed by atoms with van der Waals surface area (Å²) < 4.78 is 23.7. The normalized spacial score (nSPS) is 17.0. The first-order valence-electron chi connectivity index (χ1n) is 6.54. The van der Waals surface area contributed by atoms with Crippen LogP contribution in [0, 0.1) is 5.92 Å². The Bertz CT molecular complexity index is 591. The number of amides is 1. The SMILES string of the molecule is CC(C)CC(=O)Nc1ccc2c(c1)CCCS2(=O)=O. The summed E-state index contributed by atoms with van der Waals surface area (Å²) in [5.74, 6) is 0.491. The van der Waals surface area contributed by atoms with Gasteiger partial charge in [-0.15, -0.1) is 0 Å². The Kier molecular flexibility index (Phi) is 3.94. The molecule has 104 valence electrons. The van der Waals surface area contributed by atoms with Gasteiger partial charge < -0.3 is 5.32 Å². The van der Waals surface area contributed by atoms with E-state index in [2.05, 4.69) is 5.32 Å². The summed E-state index contributed by atoms with van der Waals surface area (Å²) in [5.41, 5.74) is 1.50. The molecule has 0 saturated carbocycles. The largest absolute Gasteiger partial charge is 0.326 e. The Morgan fingerprint density at radius 1 is 1.37 bits per heavy atom. The van der Waals surface area contributed by atoms with Crippen molar-refractivity contribution in [3.8, 4) is 0 Å². The van der Waals surface area contributed by atoms with Crippen LogP contribution in [0.15, 0.2) is 23.1 Å². The van der Waals surface area contributed by atoms with E-state index in [9.17, 15) is 13.2 Å². The molecule has 0 radical (unpaired) electrons. The van der Waals surface area contributed by atoms with Crippen molar-refractivity contribution in [3.63, 3.8) is 0 Å². The highest BCUT2D eigenvalue weighted by molar-refractivity contribution is 7.91. The molecule has 0 atom stereocenters. The molecular formula is C14H19NO3S. The number of hydrogen-bond acceptors (Lipinski definition) is 3. The molecule has 5 heteroatoms. The molecular weight excluding hydrogens is 262 g/mol. The predicted octanol–water partition coefficient (Wildman–Crippen LogP) is 2.39. The highest BCUT2D eigenvalue weighted by Crippen LogP contribution is 2.27. The molecule has 0 unspecified atom stereocenters. The Morgan fingerprint density at radius 3 is 2.79 bits per heavy atom. The highest BCUT2D eigenvalue weighted by Gasteiger charge is 2.23. The summed E-state index contributed by atoms with van der Waals surface area (Å²) in [5, 5.41) is 2.82. The van der Waals surface area contributed by atoms with E-state index in [0.717, 1.165) is 12.0 Å². The summed E-state index contributed by atoms with van der Waals surface area (Å²) >= 11 is 0. The third kappa shape index (κ3) is 3.35. The van der Waals surface area contributed by atoms with Crippen molar-refractivity contribution in [2.75, 3.05) is 11.1 Å². The summed E-state index contributed by atoms with van der Waals surface area (Å²) in [6, 6.07) is 5.05. The van der Waals surface area contributed by atoms with E-state index in [1.54, 1.807) is 18.2 Å². The van der Waals surface area contributed by atoms with E-state index in [1.165, 1.54) is 0 Å². The molecule has 1 amide bonds. The van der Waals surface area contributed by atoms with Crippen molar-refractivity contribution in [1.82, 2.24) is 0 Å². The van der Waals surface area contributed by atoms with Gasteiger partial charge in [-0.25, -0.2) is 8.42 Å². The van der Waals surface area contributed by atoms with Crippen LogP contribution in [0.5, 0.6) is 0 Å². The van der Waals surface area contributed by atoms with Crippen LogP contribution in [-0.2, 0) is 21.1 Å². The number of carbonyl (C=O) groups excluding carboxylic acids is 1. The molecule has 4 nitrogen and oxygen atoms in total. The number of sulfone groups is 1. The van der Waals surface area contributed by atoms with E-state index in [0.29, 0.717) is 29.3 Å². The van der Waals surface area contributed by atoms with Gasteiger partial charge in [-0.05, 0) is 42.5 Å². The zero-order chi connectivity index (χ0) is 14.0. The van der Waals surface area contributed by atoms with Crippen LogP contribution in [0.1, 0.15) is 32.3 Å². The van der Waals surface area contributed by atoms with Gasteiger partial charge in [0.25, 0.3) is 0 Å². The fourth-order valence-electron chi connectivity index (χ4n) is 2.30. The van der Waals surface area contributed by atoms with Gasteiger partial charge in [-0.3, -0.25) is 4.79 Å². The van der Waals surface area contributed by atoms with Crippen molar-refractivity contribution < 1.29 is 13.2 Å². The molecule has 1 aromatic carbocycles. The number of benzene rings is 1. The number of fused-ring (bicyclic) bond motifs is 1. The van der Waals surface area contributed by atoms with Gasteiger partial charge in [0.2, 0.25) is 5.91 Å². The zero-order valence-electron chi connectivity index (χ0n) is 11.3. The van der Waals surface area contributed by atoms with Crippen LogP contribution in [0.25, 0.3) is 0 Å². The minimum atomic E-state index is -3.12. The smallest absolute Gasteiger partial charge is 0.224 e. The number of anilines is 1. The molecule has 0 bridgehead atoms. The number of rotatable bonds is 3. The van der Waals surface area contributed by atoms with Crippen molar-refractivity contribution in [2.45, 2.75) is 38.0 Å². The maximum absolute atomic E-state index is 11.9. The topological polar surface area (TPSA) is 63.2 Å². The molecule has 2 rings (SSSR count). The monoisotopic (exact) mass is 281 g/mol. The molecule has 19 heavy (non-hydrogen) atoms. The van der Waals surface area contributed by atoms with Crippen LogP contribution in [0.2, 0.25) is 0 Å². The van der Waals surface area contributed by atoms with E-state index < -0.39 is 9.84 Å². The molecule has 1 aromatic rings. The first kappa shape index (κ1) is 14.1. The number of nitrogens with one attached hydrogen (secondary N) is 1. The molecule has 1 heterocycles.